The van der Waals surface area contributed by atoms with Crippen molar-refractivity contribution in [2.24, 2.45) is 7.05 Å². The fraction of sp³-hybridized carbons (Fsp3) is 0.286. The van der Waals surface area contributed by atoms with Gasteiger partial charge in [-0.05, 0) is 43.5 Å². The van der Waals surface area contributed by atoms with Crippen molar-refractivity contribution in [2.75, 3.05) is 18.0 Å². The number of benzene rings is 1. The van der Waals surface area contributed by atoms with Crippen molar-refractivity contribution in [1.29, 1.82) is 0 Å². The molecule has 1 saturated heterocycles. The molecule has 1 aromatic carbocycles. The molecule has 3 heterocycles. The first-order valence-electron chi connectivity index (χ1n) is 9.07. The molecule has 0 spiro atoms. The Hall–Kier alpha value is -2.95. The average molecular weight is 345 g/mol. The molecule has 1 aliphatic carbocycles. The molecule has 0 amide bonds. The molecule has 0 bridgehead atoms. The minimum absolute atomic E-state index is 0.102. The van der Waals surface area contributed by atoms with E-state index in [-0.39, 0.29) is 11.6 Å². The Labute approximate surface area is 151 Å². The summed E-state index contributed by atoms with van der Waals surface area (Å²) in [5.41, 5.74) is 3.90. The summed E-state index contributed by atoms with van der Waals surface area (Å²) in [5, 5.41) is 0.860. The minimum Gasteiger partial charge on any atom is -0.372 e. The first-order chi connectivity index (χ1) is 12.7. The van der Waals surface area contributed by atoms with Crippen LogP contribution in [0.3, 0.4) is 0 Å². The summed E-state index contributed by atoms with van der Waals surface area (Å²) in [7, 11) is 1.86. The molecule has 0 radical (unpaired) electrons. The smallest absolute Gasteiger partial charge is 0.211 e. The van der Waals surface area contributed by atoms with Crippen LogP contribution in [0.15, 0.2) is 36.7 Å². The quantitative estimate of drug-likeness (QED) is 0.531. The highest BCUT2D eigenvalue weighted by atomic mass is 16.1. The number of pyridine rings is 1. The Kier molecular flexibility index (Phi) is 3.26. The van der Waals surface area contributed by atoms with Gasteiger partial charge in [0.1, 0.15) is 5.69 Å². The van der Waals surface area contributed by atoms with E-state index in [2.05, 4.69) is 22.0 Å². The number of anilines is 1. The van der Waals surface area contributed by atoms with Crippen LogP contribution >= 0.6 is 0 Å². The molecule has 2 aromatic heterocycles. The van der Waals surface area contributed by atoms with Crippen LogP contribution in [0.25, 0.3) is 10.9 Å². The summed E-state index contributed by atoms with van der Waals surface area (Å²) in [6, 6.07) is 7.84. The first-order valence-corrected chi connectivity index (χ1v) is 9.07. The number of carbonyl (C=O) groups is 2. The SMILES string of the molecule is Cn1c2c(c3cc(N4CCCCC4)ccc31)C(=O)c1cnccc1C2=O. The molecular weight excluding hydrogens is 326 g/mol. The van der Waals surface area contributed by atoms with Gasteiger partial charge in [0.15, 0.2) is 5.78 Å². The van der Waals surface area contributed by atoms with E-state index >= 15 is 0 Å². The van der Waals surface area contributed by atoms with Gasteiger partial charge in [-0.2, -0.15) is 0 Å². The number of ketones is 2. The number of rotatable bonds is 1. The number of carbonyl (C=O) groups excluding carboxylic acids is 2. The Bertz CT molecular complexity index is 1070. The van der Waals surface area contributed by atoms with Crippen LogP contribution in [0.4, 0.5) is 5.69 Å². The number of hydrogen-bond acceptors (Lipinski definition) is 4. The summed E-state index contributed by atoms with van der Waals surface area (Å²) in [4.78, 5) is 32.6. The van der Waals surface area contributed by atoms with E-state index in [0.717, 1.165) is 29.7 Å². The molecule has 1 fully saturated rings. The molecule has 1 aliphatic heterocycles. The topological polar surface area (TPSA) is 55.2 Å². The second kappa shape index (κ2) is 5.53. The second-order valence-electron chi connectivity index (χ2n) is 7.11. The van der Waals surface area contributed by atoms with Gasteiger partial charge in [-0.1, -0.05) is 0 Å². The van der Waals surface area contributed by atoms with Crippen LogP contribution in [-0.2, 0) is 7.05 Å². The van der Waals surface area contributed by atoms with Gasteiger partial charge < -0.3 is 9.47 Å². The van der Waals surface area contributed by atoms with Gasteiger partial charge in [0.2, 0.25) is 5.78 Å². The highest BCUT2D eigenvalue weighted by molar-refractivity contribution is 6.32. The third-order valence-electron chi connectivity index (χ3n) is 5.66. The maximum Gasteiger partial charge on any atom is 0.211 e. The van der Waals surface area contributed by atoms with Crippen molar-refractivity contribution in [1.82, 2.24) is 9.55 Å². The van der Waals surface area contributed by atoms with E-state index in [1.54, 1.807) is 12.3 Å². The van der Waals surface area contributed by atoms with Gasteiger partial charge in [0.05, 0.1) is 11.1 Å². The molecule has 3 aromatic rings. The van der Waals surface area contributed by atoms with Gasteiger partial charge >= 0.3 is 0 Å². The summed E-state index contributed by atoms with van der Waals surface area (Å²) in [6.07, 6.45) is 6.73. The largest absolute Gasteiger partial charge is 0.372 e. The van der Waals surface area contributed by atoms with Gasteiger partial charge in [-0.25, -0.2) is 0 Å². The predicted molar refractivity (Wildman–Crippen MR) is 100 cm³/mol. The highest BCUT2D eigenvalue weighted by Gasteiger charge is 2.35. The maximum absolute atomic E-state index is 13.1. The lowest BCUT2D eigenvalue weighted by Gasteiger charge is -2.29. The fourth-order valence-electron chi connectivity index (χ4n) is 4.31. The molecule has 0 unspecified atom stereocenters. The van der Waals surface area contributed by atoms with E-state index < -0.39 is 0 Å². The van der Waals surface area contributed by atoms with Crippen molar-refractivity contribution in [3.05, 3.63) is 59.0 Å². The second-order valence-corrected chi connectivity index (χ2v) is 7.11. The van der Waals surface area contributed by atoms with E-state index in [4.69, 9.17) is 0 Å². The zero-order chi connectivity index (χ0) is 17.8. The van der Waals surface area contributed by atoms with Crippen LogP contribution in [0.1, 0.15) is 51.2 Å². The van der Waals surface area contributed by atoms with Gasteiger partial charge in [-0.15, -0.1) is 0 Å². The number of aromatic nitrogens is 2. The van der Waals surface area contributed by atoms with Gasteiger partial charge in [-0.3, -0.25) is 14.6 Å². The van der Waals surface area contributed by atoms with E-state index in [9.17, 15) is 9.59 Å². The Morgan fingerprint density at radius 1 is 0.962 bits per heavy atom. The van der Waals surface area contributed by atoms with Crippen molar-refractivity contribution in [2.45, 2.75) is 19.3 Å². The van der Waals surface area contributed by atoms with E-state index in [1.807, 2.05) is 17.7 Å². The minimum atomic E-state index is -0.107. The standard InChI is InChI=1S/C21H19N3O2/c1-23-17-6-5-13(24-9-3-2-4-10-24)11-15(17)18-19(23)21(26)14-7-8-22-12-16(14)20(18)25/h5-8,11-12H,2-4,9-10H2,1H3. The molecule has 0 saturated carbocycles. The van der Waals surface area contributed by atoms with Gasteiger partial charge in [0.25, 0.3) is 0 Å². The Balaban J connectivity index is 1.74. The number of fused-ring (bicyclic) bond motifs is 4. The number of hydrogen-bond donors (Lipinski definition) is 0. The summed E-state index contributed by atoms with van der Waals surface area (Å²) in [6.45, 7) is 2.08. The first kappa shape index (κ1) is 15.3. The van der Waals surface area contributed by atoms with E-state index in [1.165, 1.54) is 25.5 Å². The molecule has 0 atom stereocenters. The van der Waals surface area contributed by atoms with Gasteiger partial charge in [0, 0.05) is 54.7 Å². The third kappa shape index (κ3) is 2.00. The predicted octanol–water partition coefficient (Wildman–Crippen LogP) is 3.34. The molecular formula is C21H19N3O2. The fourth-order valence-corrected chi connectivity index (χ4v) is 4.31. The Morgan fingerprint density at radius 2 is 1.77 bits per heavy atom. The van der Waals surface area contributed by atoms with Crippen LogP contribution in [0.5, 0.6) is 0 Å². The lowest BCUT2D eigenvalue weighted by atomic mass is 9.88. The lowest BCUT2D eigenvalue weighted by Crippen LogP contribution is -2.29. The van der Waals surface area contributed by atoms with Crippen molar-refractivity contribution in [3.63, 3.8) is 0 Å². The average Bonchev–Trinajstić information content (AvgIpc) is 2.99. The molecule has 5 rings (SSSR count). The van der Waals surface area contributed by atoms with Crippen LogP contribution < -0.4 is 4.90 Å². The van der Waals surface area contributed by atoms with Crippen LogP contribution in [-0.4, -0.2) is 34.2 Å². The number of piperidine rings is 1. The zero-order valence-electron chi connectivity index (χ0n) is 14.7. The van der Waals surface area contributed by atoms with Crippen LogP contribution in [0.2, 0.25) is 0 Å². The summed E-state index contributed by atoms with van der Waals surface area (Å²) >= 11 is 0. The zero-order valence-corrected chi connectivity index (χ0v) is 14.7. The molecule has 5 heteroatoms. The molecule has 2 aliphatic rings. The number of aryl methyl sites for hydroxylation is 1. The summed E-state index contributed by atoms with van der Waals surface area (Å²) < 4.78 is 1.86. The maximum atomic E-state index is 13.1. The van der Waals surface area contributed by atoms with Crippen molar-refractivity contribution in [3.8, 4) is 0 Å². The number of nitrogens with zero attached hydrogens (tertiary/aromatic N) is 3. The highest BCUT2D eigenvalue weighted by Crippen LogP contribution is 2.36. The normalized spacial score (nSPS) is 16.7. The van der Waals surface area contributed by atoms with Crippen LogP contribution in [0, 0.1) is 0 Å². The van der Waals surface area contributed by atoms with Crippen molar-refractivity contribution >= 4 is 28.2 Å². The molecule has 130 valence electrons. The molecule has 5 nitrogen and oxygen atoms in total. The van der Waals surface area contributed by atoms with E-state index in [0.29, 0.717) is 22.4 Å². The summed E-state index contributed by atoms with van der Waals surface area (Å²) in [5.74, 6) is -0.209. The molecule has 26 heavy (non-hydrogen) atoms. The monoisotopic (exact) mass is 345 g/mol. The van der Waals surface area contributed by atoms with Crippen molar-refractivity contribution < 1.29 is 9.59 Å². The molecule has 0 N–H and O–H groups in total. The Morgan fingerprint density at radius 3 is 2.58 bits per heavy atom. The lowest BCUT2D eigenvalue weighted by molar-refractivity contribution is 0.0975. The third-order valence-corrected chi connectivity index (χ3v) is 5.66.